The molecule has 0 aromatic heterocycles. The highest BCUT2D eigenvalue weighted by molar-refractivity contribution is 9.10. The van der Waals surface area contributed by atoms with Gasteiger partial charge in [-0.2, -0.15) is 0 Å². The summed E-state index contributed by atoms with van der Waals surface area (Å²) in [5.74, 6) is -6.07. The molecule has 3 atom stereocenters. The van der Waals surface area contributed by atoms with Gasteiger partial charge in [-0.1, -0.05) is 47.8 Å². The first-order chi connectivity index (χ1) is 25.6. The van der Waals surface area contributed by atoms with Crippen molar-refractivity contribution in [2.45, 2.75) is 102 Å². The zero-order valence-corrected chi connectivity index (χ0v) is 39.6. The van der Waals surface area contributed by atoms with Crippen molar-refractivity contribution in [2.24, 2.45) is 21.7 Å². The summed E-state index contributed by atoms with van der Waals surface area (Å²) in [7, 11) is 0. The Morgan fingerprint density at radius 3 is 0.965 bits per heavy atom. The van der Waals surface area contributed by atoms with Crippen LogP contribution in [0.5, 0.6) is 0 Å². The lowest BCUT2D eigenvalue weighted by Gasteiger charge is -2.33. The van der Waals surface area contributed by atoms with Crippen LogP contribution in [0.15, 0.2) is 0 Å². The van der Waals surface area contributed by atoms with E-state index in [1.165, 1.54) is 62.3 Å². The van der Waals surface area contributed by atoms with Crippen LogP contribution in [0.1, 0.15) is 83.1 Å². The second kappa shape index (κ2) is 22.3. The first-order valence-corrected chi connectivity index (χ1v) is 20.2. The summed E-state index contributed by atoms with van der Waals surface area (Å²) in [5, 5.41) is 18.5. The maximum Gasteiger partial charge on any atom is 0.322 e. The summed E-state index contributed by atoms with van der Waals surface area (Å²) >= 11 is 9.56. The minimum atomic E-state index is -1.95. The minimum absolute atomic E-state index is 0.215. The molecule has 0 aromatic carbocycles. The van der Waals surface area contributed by atoms with E-state index in [1.54, 1.807) is 20.8 Å². The van der Waals surface area contributed by atoms with Crippen molar-refractivity contribution < 1.29 is 81.7 Å². The zero-order valence-electron chi connectivity index (χ0n) is 34.8. The zero-order chi connectivity index (χ0) is 44.8. The lowest BCUT2D eigenvalue weighted by Crippen LogP contribution is -2.47. The van der Waals surface area contributed by atoms with Crippen LogP contribution in [0.2, 0.25) is 0 Å². The number of carbonyl (C=O) groups excluding carboxylic acids is 7. The standard InChI is InChI=1S/C37H59Br3O17/c1-31(2,3)24(43)52-17-36(11,18-53-25(44)32(4,5)38)29(48)56-21-35(10,28(47)51-14-13-50-16-23(42)15-41)22-57-30(49)37(12,19-54-26(45)33(6,7)39)20-55-27(46)34(8,9)40/h23,41-42H,13-22H2,1-12H3. The molecule has 57 heavy (non-hydrogen) atoms. The highest BCUT2D eigenvalue weighted by atomic mass is 79.9. The third-order valence-electron chi connectivity index (χ3n) is 7.66. The van der Waals surface area contributed by atoms with Gasteiger partial charge in [0.15, 0.2) is 0 Å². The molecule has 0 radical (unpaired) electrons. The molecule has 2 N–H and O–H groups in total. The Balaban J connectivity index is 6.57. The molecule has 17 nitrogen and oxygen atoms in total. The van der Waals surface area contributed by atoms with E-state index in [-0.39, 0.29) is 19.8 Å². The molecule has 330 valence electrons. The van der Waals surface area contributed by atoms with Crippen LogP contribution in [0.3, 0.4) is 0 Å². The highest BCUT2D eigenvalue weighted by Crippen LogP contribution is 2.30. The molecule has 0 aliphatic carbocycles. The van der Waals surface area contributed by atoms with Gasteiger partial charge in [-0.15, -0.1) is 0 Å². The summed E-state index contributed by atoms with van der Waals surface area (Å²) < 4.78 is 39.8. The van der Waals surface area contributed by atoms with Crippen molar-refractivity contribution in [1.29, 1.82) is 0 Å². The molecule has 0 fully saturated rings. The fraction of sp³-hybridized carbons (Fsp3) is 0.811. The Labute approximate surface area is 359 Å². The predicted molar refractivity (Wildman–Crippen MR) is 213 cm³/mol. The number of ether oxygens (including phenoxy) is 8. The summed E-state index contributed by atoms with van der Waals surface area (Å²) in [6.45, 7) is 12.4. The van der Waals surface area contributed by atoms with Crippen LogP contribution in [0.4, 0.5) is 0 Å². The van der Waals surface area contributed by atoms with Crippen LogP contribution >= 0.6 is 47.8 Å². The molecular weight excluding hydrogens is 956 g/mol. The van der Waals surface area contributed by atoms with E-state index in [0.29, 0.717) is 0 Å². The monoisotopic (exact) mass is 1010 g/mol. The van der Waals surface area contributed by atoms with Gasteiger partial charge in [0.05, 0.1) is 25.2 Å². The fourth-order valence-corrected chi connectivity index (χ4v) is 3.89. The number of alkyl halides is 3. The lowest BCUT2D eigenvalue weighted by molar-refractivity contribution is -0.183. The Morgan fingerprint density at radius 2 is 0.702 bits per heavy atom. The van der Waals surface area contributed by atoms with Gasteiger partial charge >= 0.3 is 41.8 Å². The smallest absolute Gasteiger partial charge is 0.322 e. The van der Waals surface area contributed by atoms with Crippen LogP contribution < -0.4 is 0 Å². The molecule has 0 rings (SSSR count). The summed E-state index contributed by atoms with van der Waals surface area (Å²) in [5.41, 5.74) is -6.51. The number of halogens is 3. The van der Waals surface area contributed by atoms with Crippen LogP contribution in [0, 0.1) is 21.7 Å². The second-order valence-electron chi connectivity index (χ2n) is 16.9. The first kappa shape index (κ1) is 54.6. The molecule has 20 heteroatoms. The van der Waals surface area contributed by atoms with E-state index >= 15 is 0 Å². The molecule has 0 aliphatic rings. The highest BCUT2D eigenvalue weighted by Gasteiger charge is 2.47. The van der Waals surface area contributed by atoms with Gasteiger partial charge in [-0.3, -0.25) is 33.6 Å². The molecule has 3 unspecified atom stereocenters. The Kier molecular flexibility index (Phi) is 21.3. The molecule has 0 aromatic rings. The van der Waals surface area contributed by atoms with Crippen molar-refractivity contribution in [2.75, 3.05) is 66.1 Å². The van der Waals surface area contributed by atoms with Gasteiger partial charge in [0.25, 0.3) is 0 Å². The van der Waals surface area contributed by atoms with Crippen LogP contribution in [-0.4, -0.2) is 137 Å². The number of rotatable bonds is 24. The number of aliphatic hydroxyl groups is 2. The number of hydrogen-bond acceptors (Lipinski definition) is 17. The third kappa shape index (κ3) is 19.5. The molecular formula is C37H59Br3O17. The van der Waals surface area contributed by atoms with Gasteiger partial charge in [0, 0.05) is 0 Å². The molecule has 0 saturated carbocycles. The Bertz CT molecular complexity index is 1260. The summed E-state index contributed by atoms with van der Waals surface area (Å²) in [4.78, 5) is 91.5. The number of carbonyl (C=O) groups is 7. The summed E-state index contributed by atoms with van der Waals surface area (Å²) in [6, 6.07) is 0. The first-order valence-electron chi connectivity index (χ1n) is 17.8. The van der Waals surface area contributed by atoms with E-state index in [1.807, 2.05) is 0 Å². The molecule has 0 amide bonds. The topological polar surface area (TPSA) is 234 Å². The average molecular weight is 1020 g/mol. The minimum Gasteiger partial charge on any atom is -0.464 e. The van der Waals surface area contributed by atoms with E-state index in [2.05, 4.69) is 47.8 Å². The van der Waals surface area contributed by atoms with Crippen molar-refractivity contribution in [1.82, 2.24) is 0 Å². The van der Waals surface area contributed by atoms with Crippen molar-refractivity contribution in [3.8, 4) is 0 Å². The van der Waals surface area contributed by atoms with Crippen molar-refractivity contribution >= 4 is 89.6 Å². The molecule has 0 heterocycles. The van der Waals surface area contributed by atoms with Crippen LogP contribution in [-0.2, 0) is 71.5 Å². The quantitative estimate of drug-likeness (QED) is 0.0607. The molecule has 0 bridgehead atoms. The van der Waals surface area contributed by atoms with Gasteiger partial charge < -0.3 is 48.1 Å². The average Bonchev–Trinajstić information content (AvgIpc) is 3.09. The van der Waals surface area contributed by atoms with E-state index in [4.69, 9.17) is 43.0 Å². The molecule has 0 saturated heterocycles. The Morgan fingerprint density at radius 1 is 0.439 bits per heavy atom. The lowest BCUT2D eigenvalue weighted by atomic mass is 9.90. The third-order valence-corrected chi connectivity index (χ3v) is 8.63. The van der Waals surface area contributed by atoms with Crippen LogP contribution in [0.25, 0.3) is 0 Å². The van der Waals surface area contributed by atoms with E-state index < -0.39 is 129 Å². The van der Waals surface area contributed by atoms with Crippen molar-refractivity contribution in [3.63, 3.8) is 0 Å². The number of esters is 7. The largest absolute Gasteiger partial charge is 0.464 e. The molecule has 0 aliphatic heterocycles. The van der Waals surface area contributed by atoms with Crippen molar-refractivity contribution in [3.05, 3.63) is 0 Å². The van der Waals surface area contributed by atoms with E-state index in [9.17, 15) is 38.7 Å². The Hall–Kier alpha value is -2.39. The van der Waals surface area contributed by atoms with Gasteiger partial charge in [-0.05, 0) is 83.1 Å². The normalized spacial score (nSPS) is 15.2. The maximum absolute atomic E-state index is 13.8. The SMILES string of the molecule is CC(C)(C)C(=O)OCC(C)(COC(=O)C(C)(C)Br)C(=O)OCC(C)(COC(=O)C(C)(COC(=O)C(C)(C)Br)COC(=O)C(C)(C)Br)C(=O)OCCOCC(O)CO. The second-order valence-corrected chi connectivity index (χ2v) is 22.8. The predicted octanol–water partition coefficient (Wildman–Crippen LogP) is 3.74. The molecule has 0 spiro atoms. The summed E-state index contributed by atoms with van der Waals surface area (Å²) in [6.07, 6.45) is -1.17. The fourth-order valence-electron chi connectivity index (χ4n) is 3.55. The van der Waals surface area contributed by atoms with Gasteiger partial charge in [0.1, 0.15) is 81.6 Å². The van der Waals surface area contributed by atoms with E-state index in [0.717, 1.165) is 0 Å². The maximum atomic E-state index is 13.8. The van der Waals surface area contributed by atoms with Gasteiger partial charge in [0.2, 0.25) is 0 Å². The van der Waals surface area contributed by atoms with Gasteiger partial charge in [-0.25, -0.2) is 0 Å². The number of hydrogen-bond donors (Lipinski definition) is 2. The number of aliphatic hydroxyl groups excluding tert-OH is 2.